The minimum absolute atomic E-state index is 0.785. The van der Waals surface area contributed by atoms with Crippen LogP contribution in [0, 0.1) is 5.92 Å². The van der Waals surface area contributed by atoms with Crippen LogP contribution in [0.15, 0.2) is 25.3 Å². The van der Waals surface area contributed by atoms with Crippen molar-refractivity contribution in [2.45, 2.75) is 51.4 Å². The maximum Gasteiger partial charge on any atom is -0.00519 e. The van der Waals surface area contributed by atoms with E-state index in [0.29, 0.717) is 0 Å². The van der Waals surface area contributed by atoms with Crippen LogP contribution in [-0.4, -0.2) is 13.6 Å². The highest BCUT2D eigenvalue weighted by molar-refractivity contribution is 4.79. The van der Waals surface area contributed by atoms with E-state index in [0.717, 1.165) is 25.3 Å². The first-order chi connectivity index (χ1) is 7.85. The Kier molecular flexibility index (Phi) is 12.1. The fraction of sp³-hybridized carbons (Fsp3) is 0.733. The molecule has 0 bridgehead atoms. The average molecular weight is 223 g/mol. The molecule has 16 heavy (non-hydrogen) atoms. The minimum atomic E-state index is 0.785. The van der Waals surface area contributed by atoms with Gasteiger partial charge in [0.1, 0.15) is 0 Å². The SMILES string of the molecule is C=CCC(CC=C)CCCCCCCNC. The molecule has 1 heteroatoms. The Balaban J connectivity index is 3.32. The molecule has 1 nitrogen and oxygen atoms in total. The lowest BCUT2D eigenvalue weighted by Crippen LogP contribution is -2.06. The fourth-order valence-electron chi connectivity index (χ4n) is 2.07. The molecule has 0 saturated heterocycles. The number of unbranched alkanes of at least 4 members (excludes halogenated alkanes) is 4. The van der Waals surface area contributed by atoms with Crippen LogP contribution in [0.2, 0.25) is 0 Å². The van der Waals surface area contributed by atoms with Crippen LogP contribution >= 0.6 is 0 Å². The van der Waals surface area contributed by atoms with Gasteiger partial charge in [-0.2, -0.15) is 0 Å². The van der Waals surface area contributed by atoms with Gasteiger partial charge in [0.2, 0.25) is 0 Å². The van der Waals surface area contributed by atoms with Gasteiger partial charge in [-0.25, -0.2) is 0 Å². The van der Waals surface area contributed by atoms with Gasteiger partial charge in [-0.05, 0) is 45.2 Å². The van der Waals surface area contributed by atoms with Gasteiger partial charge in [0.05, 0.1) is 0 Å². The summed E-state index contributed by atoms with van der Waals surface area (Å²) < 4.78 is 0. The summed E-state index contributed by atoms with van der Waals surface area (Å²) in [6.45, 7) is 8.80. The van der Waals surface area contributed by atoms with Crippen LogP contribution in [0.5, 0.6) is 0 Å². The highest BCUT2D eigenvalue weighted by Crippen LogP contribution is 2.18. The Morgan fingerprint density at radius 2 is 1.50 bits per heavy atom. The van der Waals surface area contributed by atoms with Gasteiger partial charge in [0.25, 0.3) is 0 Å². The monoisotopic (exact) mass is 223 g/mol. The Labute approximate surface area is 102 Å². The number of hydrogen-bond donors (Lipinski definition) is 1. The van der Waals surface area contributed by atoms with Crippen molar-refractivity contribution in [2.75, 3.05) is 13.6 Å². The van der Waals surface area contributed by atoms with Crippen molar-refractivity contribution in [3.05, 3.63) is 25.3 Å². The third-order valence-corrected chi connectivity index (χ3v) is 3.04. The molecule has 0 saturated carbocycles. The molecule has 0 aliphatic rings. The van der Waals surface area contributed by atoms with Gasteiger partial charge < -0.3 is 5.32 Å². The van der Waals surface area contributed by atoms with E-state index in [2.05, 4.69) is 18.5 Å². The number of allylic oxidation sites excluding steroid dienone is 2. The molecule has 0 amide bonds. The van der Waals surface area contributed by atoms with Gasteiger partial charge in [-0.1, -0.05) is 37.8 Å². The molecule has 0 fully saturated rings. The summed E-state index contributed by atoms with van der Waals surface area (Å²) in [7, 11) is 2.02. The van der Waals surface area contributed by atoms with Crippen LogP contribution in [0.4, 0.5) is 0 Å². The van der Waals surface area contributed by atoms with Crippen molar-refractivity contribution in [1.82, 2.24) is 5.32 Å². The normalized spacial score (nSPS) is 10.6. The van der Waals surface area contributed by atoms with Gasteiger partial charge in [-0.15, -0.1) is 13.2 Å². The van der Waals surface area contributed by atoms with Gasteiger partial charge in [-0.3, -0.25) is 0 Å². The maximum absolute atomic E-state index is 3.82. The van der Waals surface area contributed by atoms with Crippen molar-refractivity contribution in [1.29, 1.82) is 0 Å². The number of hydrogen-bond acceptors (Lipinski definition) is 1. The first-order valence-corrected chi connectivity index (χ1v) is 6.71. The molecule has 0 aliphatic heterocycles. The van der Waals surface area contributed by atoms with E-state index in [9.17, 15) is 0 Å². The third kappa shape index (κ3) is 9.97. The summed E-state index contributed by atoms with van der Waals surface area (Å²) in [6, 6.07) is 0. The zero-order chi connectivity index (χ0) is 12.1. The lowest BCUT2D eigenvalue weighted by molar-refractivity contribution is 0.458. The first-order valence-electron chi connectivity index (χ1n) is 6.71. The van der Waals surface area contributed by atoms with Crippen molar-refractivity contribution in [2.24, 2.45) is 5.92 Å². The highest BCUT2D eigenvalue weighted by atomic mass is 14.8. The van der Waals surface area contributed by atoms with Crippen molar-refractivity contribution < 1.29 is 0 Å². The van der Waals surface area contributed by atoms with E-state index in [-0.39, 0.29) is 0 Å². The standard InChI is InChI=1S/C15H29N/c1-4-11-15(12-5-2)13-9-7-6-8-10-14-16-3/h4-5,15-16H,1-2,6-14H2,3H3. The lowest BCUT2D eigenvalue weighted by atomic mass is 9.94. The maximum atomic E-state index is 3.82. The van der Waals surface area contributed by atoms with E-state index in [4.69, 9.17) is 0 Å². The highest BCUT2D eigenvalue weighted by Gasteiger charge is 2.03. The van der Waals surface area contributed by atoms with E-state index in [1.165, 1.54) is 38.5 Å². The molecule has 0 spiro atoms. The molecule has 0 rings (SSSR count). The number of rotatable bonds is 12. The van der Waals surface area contributed by atoms with Crippen LogP contribution in [0.25, 0.3) is 0 Å². The third-order valence-electron chi connectivity index (χ3n) is 3.04. The summed E-state index contributed by atoms with van der Waals surface area (Å²) in [4.78, 5) is 0. The zero-order valence-corrected chi connectivity index (χ0v) is 11.0. The van der Waals surface area contributed by atoms with Crippen LogP contribution in [0.1, 0.15) is 51.4 Å². The molecule has 0 aromatic rings. The van der Waals surface area contributed by atoms with E-state index < -0.39 is 0 Å². The summed E-state index contributed by atoms with van der Waals surface area (Å²) in [5.74, 6) is 0.785. The quantitative estimate of drug-likeness (QED) is 0.384. The van der Waals surface area contributed by atoms with Crippen LogP contribution < -0.4 is 5.32 Å². The molecule has 0 radical (unpaired) electrons. The van der Waals surface area contributed by atoms with Crippen molar-refractivity contribution in [3.63, 3.8) is 0 Å². The summed E-state index contributed by atoms with van der Waals surface area (Å²) in [5, 5.41) is 3.19. The molecule has 0 heterocycles. The van der Waals surface area contributed by atoms with E-state index in [1.807, 2.05) is 19.2 Å². The van der Waals surface area contributed by atoms with Gasteiger partial charge in [0.15, 0.2) is 0 Å². The Morgan fingerprint density at radius 3 is 2.06 bits per heavy atom. The molecule has 0 aliphatic carbocycles. The predicted molar refractivity (Wildman–Crippen MR) is 74.7 cm³/mol. The minimum Gasteiger partial charge on any atom is -0.320 e. The molecular weight excluding hydrogens is 194 g/mol. The summed E-state index contributed by atoms with van der Waals surface area (Å²) in [6.07, 6.45) is 14.5. The van der Waals surface area contributed by atoms with Crippen molar-refractivity contribution in [3.8, 4) is 0 Å². The zero-order valence-electron chi connectivity index (χ0n) is 11.0. The second kappa shape index (κ2) is 12.5. The first kappa shape index (κ1) is 15.4. The van der Waals surface area contributed by atoms with E-state index >= 15 is 0 Å². The Hall–Kier alpha value is -0.560. The largest absolute Gasteiger partial charge is 0.320 e. The smallest absolute Gasteiger partial charge is 0.00519 e. The summed E-state index contributed by atoms with van der Waals surface area (Å²) >= 11 is 0. The summed E-state index contributed by atoms with van der Waals surface area (Å²) in [5.41, 5.74) is 0. The Morgan fingerprint density at radius 1 is 0.938 bits per heavy atom. The average Bonchev–Trinajstić information content (AvgIpc) is 2.28. The van der Waals surface area contributed by atoms with Gasteiger partial charge in [0, 0.05) is 0 Å². The number of nitrogens with one attached hydrogen (secondary N) is 1. The second-order valence-corrected chi connectivity index (χ2v) is 4.57. The molecule has 0 atom stereocenters. The molecular formula is C15H29N. The van der Waals surface area contributed by atoms with Gasteiger partial charge >= 0.3 is 0 Å². The van der Waals surface area contributed by atoms with Crippen LogP contribution in [-0.2, 0) is 0 Å². The topological polar surface area (TPSA) is 12.0 Å². The van der Waals surface area contributed by atoms with E-state index in [1.54, 1.807) is 0 Å². The molecule has 0 aromatic heterocycles. The molecule has 0 aromatic carbocycles. The fourth-order valence-corrected chi connectivity index (χ4v) is 2.07. The Bertz CT molecular complexity index is 153. The molecule has 1 N–H and O–H groups in total. The van der Waals surface area contributed by atoms with Crippen molar-refractivity contribution >= 4 is 0 Å². The molecule has 0 unspecified atom stereocenters. The molecule has 94 valence electrons. The van der Waals surface area contributed by atoms with Crippen LogP contribution in [0.3, 0.4) is 0 Å². The predicted octanol–water partition coefficient (Wildman–Crippen LogP) is 4.31. The second-order valence-electron chi connectivity index (χ2n) is 4.57. The lowest BCUT2D eigenvalue weighted by Gasteiger charge is -2.12.